The number of carbonyl (C=O) groups is 1. The average molecular weight is 454 g/mol. The van der Waals surface area contributed by atoms with Crippen molar-refractivity contribution in [2.45, 2.75) is 11.3 Å². The van der Waals surface area contributed by atoms with Gasteiger partial charge in [0, 0.05) is 12.1 Å². The fraction of sp³-hybridized carbons (Fsp3) is 0.0625. The van der Waals surface area contributed by atoms with Crippen LogP contribution in [0.15, 0.2) is 46.8 Å². The number of non-ortho nitro benzene ring substituents is 1. The van der Waals surface area contributed by atoms with E-state index in [-0.39, 0.29) is 27.1 Å². The third-order valence-electron chi connectivity index (χ3n) is 3.65. The van der Waals surface area contributed by atoms with Crippen molar-refractivity contribution in [1.29, 1.82) is 0 Å². The van der Waals surface area contributed by atoms with Gasteiger partial charge < -0.3 is 0 Å². The van der Waals surface area contributed by atoms with Crippen molar-refractivity contribution >= 4 is 55.4 Å². The summed E-state index contributed by atoms with van der Waals surface area (Å²) in [7, 11) is -4.17. The molecule has 3 rings (SSSR count). The molecule has 3 aromatic rings. The number of benzene rings is 2. The van der Waals surface area contributed by atoms with Crippen LogP contribution in [0.1, 0.15) is 15.9 Å². The predicted molar refractivity (Wildman–Crippen MR) is 108 cm³/mol. The van der Waals surface area contributed by atoms with Gasteiger partial charge in [-0.2, -0.15) is 8.42 Å². The maximum Gasteiger partial charge on any atom is 0.291 e. The summed E-state index contributed by atoms with van der Waals surface area (Å²) >= 11 is 6.58. The summed E-state index contributed by atoms with van der Waals surface area (Å²) in [5.41, 5.74) is 0.448. The van der Waals surface area contributed by atoms with Crippen LogP contribution in [0.25, 0.3) is 0 Å². The highest BCUT2D eigenvalue weighted by atomic mass is 35.5. The minimum absolute atomic E-state index is 0.0380. The molecule has 29 heavy (non-hydrogen) atoms. The molecule has 0 saturated carbocycles. The molecule has 2 N–H and O–H groups in total. The second-order valence-electron chi connectivity index (χ2n) is 5.67. The van der Waals surface area contributed by atoms with Crippen LogP contribution in [0.3, 0.4) is 0 Å². The minimum Gasteiger partial charge on any atom is -0.296 e. The molecule has 0 aliphatic rings. The Labute approximate surface area is 173 Å². The zero-order valence-corrected chi connectivity index (χ0v) is 17.0. The van der Waals surface area contributed by atoms with Gasteiger partial charge in [-0.1, -0.05) is 41.1 Å². The normalized spacial score (nSPS) is 11.1. The number of hydrogen-bond acceptors (Lipinski definition) is 8. The number of aryl methyl sites for hydroxylation is 1. The van der Waals surface area contributed by atoms with E-state index in [1.165, 1.54) is 24.3 Å². The molecular weight excluding hydrogens is 442 g/mol. The van der Waals surface area contributed by atoms with Crippen LogP contribution in [0, 0.1) is 17.0 Å². The molecule has 1 aromatic heterocycles. The van der Waals surface area contributed by atoms with Gasteiger partial charge in [-0.15, -0.1) is 10.2 Å². The molecule has 0 unspecified atom stereocenters. The molecule has 0 aliphatic heterocycles. The molecular formula is C16H12ClN5O5S2. The number of hydrogen-bond donors (Lipinski definition) is 2. The SMILES string of the molecule is Cc1ccc([N+](=O)[O-])cc1NS(=O)(=O)c1nnc(NC(=O)c2ccccc2Cl)s1. The number of amides is 1. The van der Waals surface area contributed by atoms with Crippen LogP contribution in [0.2, 0.25) is 5.02 Å². The van der Waals surface area contributed by atoms with Crippen LogP contribution in [0.4, 0.5) is 16.5 Å². The van der Waals surface area contributed by atoms with Gasteiger partial charge >= 0.3 is 0 Å². The van der Waals surface area contributed by atoms with Gasteiger partial charge in [0.2, 0.25) is 5.13 Å². The van der Waals surface area contributed by atoms with E-state index in [4.69, 9.17) is 11.6 Å². The van der Waals surface area contributed by atoms with E-state index in [0.717, 1.165) is 6.07 Å². The van der Waals surface area contributed by atoms with Crippen LogP contribution in [-0.2, 0) is 10.0 Å². The highest BCUT2D eigenvalue weighted by molar-refractivity contribution is 7.94. The van der Waals surface area contributed by atoms with Gasteiger partial charge in [-0.3, -0.25) is 24.9 Å². The summed E-state index contributed by atoms with van der Waals surface area (Å²) in [4.78, 5) is 22.5. The number of carbonyl (C=O) groups excluding carboxylic acids is 1. The Morgan fingerprint density at radius 2 is 1.93 bits per heavy atom. The third kappa shape index (κ3) is 4.67. The van der Waals surface area contributed by atoms with Gasteiger partial charge in [0.25, 0.3) is 26.0 Å². The van der Waals surface area contributed by atoms with E-state index in [2.05, 4.69) is 20.2 Å². The lowest BCUT2D eigenvalue weighted by Gasteiger charge is -2.08. The summed E-state index contributed by atoms with van der Waals surface area (Å²) < 4.78 is 26.9. The van der Waals surface area contributed by atoms with Crippen molar-refractivity contribution in [2.75, 3.05) is 10.0 Å². The molecule has 0 fully saturated rings. The van der Waals surface area contributed by atoms with Crippen molar-refractivity contribution < 1.29 is 18.1 Å². The average Bonchev–Trinajstić information content (AvgIpc) is 3.13. The van der Waals surface area contributed by atoms with Crippen molar-refractivity contribution in [3.05, 3.63) is 68.7 Å². The second kappa shape index (κ2) is 8.11. The number of nitro groups is 1. The first-order chi connectivity index (χ1) is 13.7. The van der Waals surface area contributed by atoms with E-state index in [0.29, 0.717) is 16.9 Å². The van der Waals surface area contributed by atoms with Gasteiger partial charge in [-0.25, -0.2) is 0 Å². The Hall–Kier alpha value is -3.09. The number of nitro benzene ring substituents is 1. The van der Waals surface area contributed by atoms with E-state index < -0.39 is 25.2 Å². The largest absolute Gasteiger partial charge is 0.296 e. The summed E-state index contributed by atoms with van der Waals surface area (Å²) in [5.74, 6) is -0.571. The fourth-order valence-corrected chi connectivity index (χ4v) is 4.44. The Balaban J connectivity index is 1.81. The van der Waals surface area contributed by atoms with Gasteiger partial charge in [0.05, 0.1) is 21.2 Å². The lowest BCUT2D eigenvalue weighted by atomic mass is 10.2. The molecule has 0 radical (unpaired) electrons. The maximum absolute atomic E-state index is 12.6. The predicted octanol–water partition coefficient (Wildman–Crippen LogP) is 3.46. The molecule has 0 aliphatic carbocycles. The number of aromatic nitrogens is 2. The highest BCUT2D eigenvalue weighted by Crippen LogP contribution is 2.27. The van der Waals surface area contributed by atoms with E-state index >= 15 is 0 Å². The Bertz CT molecular complexity index is 1210. The zero-order valence-electron chi connectivity index (χ0n) is 14.6. The number of anilines is 2. The molecule has 1 heterocycles. The van der Waals surface area contributed by atoms with Crippen LogP contribution >= 0.6 is 22.9 Å². The highest BCUT2D eigenvalue weighted by Gasteiger charge is 2.23. The monoisotopic (exact) mass is 453 g/mol. The minimum atomic E-state index is -4.17. The van der Waals surface area contributed by atoms with E-state index in [9.17, 15) is 23.3 Å². The van der Waals surface area contributed by atoms with Crippen molar-refractivity contribution in [3.8, 4) is 0 Å². The van der Waals surface area contributed by atoms with Crippen LogP contribution in [0.5, 0.6) is 0 Å². The maximum atomic E-state index is 12.6. The Morgan fingerprint density at radius 1 is 1.21 bits per heavy atom. The summed E-state index contributed by atoms with van der Waals surface area (Å²) in [6.45, 7) is 1.59. The first-order valence-electron chi connectivity index (χ1n) is 7.84. The molecule has 2 aromatic carbocycles. The van der Waals surface area contributed by atoms with Crippen molar-refractivity contribution in [3.63, 3.8) is 0 Å². The lowest BCUT2D eigenvalue weighted by molar-refractivity contribution is -0.384. The number of halogens is 1. The number of nitrogens with zero attached hydrogens (tertiary/aromatic N) is 3. The standard InChI is InChI=1S/C16H12ClN5O5S2/c1-9-6-7-10(22(24)25)8-13(9)21-29(26,27)16-20-19-15(28-16)18-14(23)11-4-2-3-5-12(11)17/h2-8,21H,1H3,(H,18,19,23). The van der Waals surface area contributed by atoms with Crippen LogP contribution in [-0.4, -0.2) is 29.4 Å². The fourth-order valence-electron chi connectivity index (χ4n) is 2.20. The summed E-state index contributed by atoms with van der Waals surface area (Å²) in [6.07, 6.45) is 0. The van der Waals surface area contributed by atoms with Crippen molar-refractivity contribution in [1.82, 2.24) is 10.2 Å². The Kier molecular flexibility index (Phi) is 5.77. The molecule has 0 bridgehead atoms. The quantitative estimate of drug-likeness (QED) is 0.330. The topological polar surface area (TPSA) is 144 Å². The summed E-state index contributed by atoms with van der Waals surface area (Å²) in [5, 5.41) is 20.7. The van der Waals surface area contributed by atoms with Crippen LogP contribution < -0.4 is 10.0 Å². The Morgan fingerprint density at radius 3 is 2.62 bits per heavy atom. The van der Waals surface area contributed by atoms with Crippen molar-refractivity contribution in [2.24, 2.45) is 0 Å². The molecule has 0 saturated heterocycles. The van der Waals surface area contributed by atoms with E-state index in [1.54, 1.807) is 19.1 Å². The van der Waals surface area contributed by atoms with Gasteiger partial charge in [0.1, 0.15) is 0 Å². The first-order valence-corrected chi connectivity index (χ1v) is 10.5. The first kappa shape index (κ1) is 20.6. The molecule has 150 valence electrons. The zero-order chi connectivity index (χ0) is 21.2. The third-order valence-corrected chi connectivity index (χ3v) is 6.55. The molecule has 1 amide bonds. The molecule has 10 nitrogen and oxygen atoms in total. The van der Waals surface area contributed by atoms with Gasteiger partial charge in [0.15, 0.2) is 0 Å². The number of rotatable bonds is 6. The number of sulfonamides is 1. The van der Waals surface area contributed by atoms with E-state index in [1.807, 2.05) is 0 Å². The number of nitrogens with one attached hydrogen (secondary N) is 2. The molecule has 0 spiro atoms. The summed E-state index contributed by atoms with van der Waals surface area (Å²) in [6, 6.07) is 10.1. The second-order valence-corrected chi connectivity index (χ2v) is 8.91. The molecule has 0 atom stereocenters. The van der Waals surface area contributed by atoms with Gasteiger partial charge in [-0.05, 0) is 24.6 Å². The molecule has 13 heteroatoms. The lowest BCUT2D eigenvalue weighted by Crippen LogP contribution is -2.13. The smallest absolute Gasteiger partial charge is 0.291 e.